The number of nitrogens with zero attached hydrogens (tertiary/aromatic N) is 6. The zero-order valence-corrected chi connectivity index (χ0v) is 24.7. The Bertz CT molecular complexity index is 1770. The van der Waals surface area contributed by atoms with Crippen molar-refractivity contribution in [1.29, 1.82) is 0 Å². The van der Waals surface area contributed by atoms with Crippen LogP contribution in [0.15, 0.2) is 46.6 Å². The first-order valence-electron chi connectivity index (χ1n) is 12.4. The van der Waals surface area contributed by atoms with E-state index in [1.165, 1.54) is 37.0 Å². The van der Waals surface area contributed by atoms with E-state index in [2.05, 4.69) is 20.3 Å². The monoisotopic (exact) mass is 619 g/mol. The number of aromatic nitrogens is 4. The molecule has 1 aliphatic rings. The summed E-state index contributed by atoms with van der Waals surface area (Å²) in [4.78, 5) is 41.8. The van der Waals surface area contributed by atoms with Gasteiger partial charge in [-0.15, -0.1) is 11.3 Å². The number of rotatable bonds is 8. The summed E-state index contributed by atoms with van der Waals surface area (Å²) in [7, 11) is -1.16. The standard InChI is InChI=1S/C25H26ClN7O6S2/c1-15-22(41(36,37)33-9-7-31(8-10-33)25-27-5-4-6-28-25)21-23(40-15)29-14-32(24(21)35)13-20(34)30-17-11-16(26)18(38-2)12-19(17)39-3/h4-6,11-12,14H,7-10,13H2,1-3H3,(H,30,34). The minimum absolute atomic E-state index is 0.0401. The predicted octanol–water partition coefficient (Wildman–Crippen LogP) is 2.38. The zero-order valence-electron chi connectivity index (χ0n) is 22.3. The first kappa shape index (κ1) is 28.7. The first-order chi connectivity index (χ1) is 19.6. The van der Waals surface area contributed by atoms with E-state index in [9.17, 15) is 18.0 Å². The van der Waals surface area contributed by atoms with Crippen LogP contribution in [0.2, 0.25) is 5.02 Å². The third kappa shape index (κ3) is 5.57. The number of sulfonamides is 1. The topological polar surface area (TPSA) is 149 Å². The molecule has 41 heavy (non-hydrogen) atoms. The second-order valence-corrected chi connectivity index (χ2v) is 12.5. The number of anilines is 2. The van der Waals surface area contributed by atoms with Gasteiger partial charge in [0, 0.05) is 49.5 Å². The summed E-state index contributed by atoms with van der Waals surface area (Å²) < 4.78 is 40.5. The maximum Gasteiger partial charge on any atom is 0.263 e. The molecule has 4 aromatic rings. The summed E-state index contributed by atoms with van der Waals surface area (Å²) in [5.41, 5.74) is -0.357. The molecule has 0 unspecified atom stereocenters. The van der Waals surface area contributed by atoms with E-state index in [1.54, 1.807) is 25.4 Å². The molecule has 0 radical (unpaired) electrons. The van der Waals surface area contributed by atoms with Gasteiger partial charge in [-0.2, -0.15) is 4.31 Å². The second-order valence-electron chi connectivity index (χ2n) is 9.02. The molecule has 1 aliphatic heterocycles. The summed E-state index contributed by atoms with van der Waals surface area (Å²) in [6.45, 7) is 2.40. The van der Waals surface area contributed by atoms with Crippen molar-refractivity contribution in [2.75, 3.05) is 50.6 Å². The summed E-state index contributed by atoms with van der Waals surface area (Å²) in [5.74, 6) is 0.634. The van der Waals surface area contributed by atoms with Gasteiger partial charge in [-0.3, -0.25) is 14.2 Å². The Hall–Kier alpha value is -3.79. The summed E-state index contributed by atoms with van der Waals surface area (Å²) in [5, 5.41) is 2.88. The van der Waals surface area contributed by atoms with Crippen molar-refractivity contribution in [3.63, 3.8) is 0 Å². The molecule has 13 nitrogen and oxygen atoms in total. The number of piperazine rings is 1. The molecule has 5 rings (SSSR count). The highest BCUT2D eigenvalue weighted by molar-refractivity contribution is 7.89. The quantitative estimate of drug-likeness (QED) is 0.311. The van der Waals surface area contributed by atoms with Crippen molar-refractivity contribution in [2.45, 2.75) is 18.4 Å². The fourth-order valence-corrected chi connectivity index (χ4v) is 7.88. The average Bonchev–Trinajstić information content (AvgIpc) is 3.32. The third-order valence-corrected chi connectivity index (χ3v) is 10.0. The molecule has 16 heteroatoms. The van der Waals surface area contributed by atoms with Crippen LogP contribution in [0.5, 0.6) is 11.5 Å². The van der Waals surface area contributed by atoms with Gasteiger partial charge in [0.25, 0.3) is 5.56 Å². The Kier molecular flexibility index (Phi) is 8.13. The number of nitrogens with one attached hydrogen (secondary N) is 1. The molecule has 4 heterocycles. The van der Waals surface area contributed by atoms with Crippen LogP contribution in [-0.2, 0) is 21.4 Å². The number of benzene rings is 1. The van der Waals surface area contributed by atoms with Gasteiger partial charge in [-0.05, 0) is 19.1 Å². The Morgan fingerprint density at radius 3 is 2.41 bits per heavy atom. The molecular weight excluding hydrogens is 594 g/mol. The molecule has 1 N–H and O–H groups in total. The molecule has 1 aromatic carbocycles. The van der Waals surface area contributed by atoms with Crippen LogP contribution in [-0.4, -0.2) is 78.5 Å². The lowest BCUT2D eigenvalue weighted by molar-refractivity contribution is -0.116. The Balaban J connectivity index is 1.40. The number of fused-ring (bicyclic) bond motifs is 1. The van der Waals surface area contributed by atoms with E-state index in [0.29, 0.717) is 35.4 Å². The summed E-state index contributed by atoms with van der Waals surface area (Å²) in [6, 6.07) is 4.71. The maximum atomic E-state index is 13.8. The highest BCUT2D eigenvalue weighted by atomic mass is 35.5. The summed E-state index contributed by atoms with van der Waals surface area (Å²) >= 11 is 7.31. The van der Waals surface area contributed by atoms with Crippen LogP contribution in [0.25, 0.3) is 10.2 Å². The lowest BCUT2D eigenvalue weighted by atomic mass is 10.2. The normalized spacial score (nSPS) is 14.3. The average molecular weight is 620 g/mol. The van der Waals surface area contributed by atoms with Gasteiger partial charge in [0.1, 0.15) is 27.8 Å². The van der Waals surface area contributed by atoms with Crippen molar-refractivity contribution in [3.05, 3.63) is 57.2 Å². The number of ether oxygens (including phenoxy) is 2. The van der Waals surface area contributed by atoms with Crippen LogP contribution in [0.3, 0.4) is 0 Å². The van der Waals surface area contributed by atoms with Crippen LogP contribution in [0, 0.1) is 6.92 Å². The lowest BCUT2D eigenvalue weighted by Gasteiger charge is -2.33. The number of carbonyl (C=O) groups is 1. The summed E-state index contributed by atoms with van der Waals surface area (Å²) in [6.07, 6.45) is 4.49. The SMILES string of the molecule is COc1cc(OC)c(NC(=O)Cn2cnc3sc(C)c(S(=O)(=O)N4CCN(c5ncccn5)CC4)c3c2=O)cc1Cl. The zero-order chi connectivity index (χ0) is 29.3. The van der Waals surface area contributed by atoms with E-state index in [-0.39, 0.29) is 38.9 Å². The van der Waals surface area contributed by atoms with Gasteiger partial charge in [0.15, 0.2) is 0 Å². The smallest absolute Gasteiger partial charge is 0.263 e. The molecule has 3 aromatic heterocycles. The van der Waals surface area contributed by atoms with Crippen molar-refractivity contribution in [3.8, 4) is 11.5 Å². The van der Waals surface area contributed by atoms with Crippen molar-refractivity contribution in [2.24, 2.45) is 0 Å². The number of carbonyl (C=O) groups excluding carboxylic acids is 1. The van der Waals surface area contributed by atoms with Gasteiger partial charge in [0.2, 0.25) is 21.9 Å². The second kappa shape index (κ2) is 11.6. The highest BCUT2D eigenvalue weighted by Crippen LogP contribution is 2.36. The largest absolute Gasteiger partial charge is 0.495 e. The number of hydrogen-bond acceptors (Lipinski definition) is 11. The van der Waals surface area contributed by atoms with E-state index in [1.807, 2.05) is 4.90 Å². The number of methoxy groups -OCH3 is 2. The molecule has 216 valence electrons. The minimum Gasteiger partial charge on any atom is -0.495 e. The number of hydrogen-bond donors (Lipinski definition) is 1. The van der Waals surface area contributed by atoms with E-state index < -0.39 is 28.0 Å². The van der Waals surface area contributed by atoms with Crippen LogP contribution >= 0.6 is 22.9 Å². The van der Waals surface area contributed by atoms with Crippen LogP contribution < -0.4 is 25.2 Å². The molecule has 1 saturated heterocycles. The van der Waals surface area contributed by atoms with Crippen LogP contribution in [0.1, 0.15) is 4.88 Å². The number of halogens is 1. The number of amides is 1. The fourth-order valence-electron chi connectivity index (χ4n) is 4.55. The van der Waals surface area contributed by atoms with Gasteiger partial charge < -0.3 is 19.7 Å². The first-order valence-corrected chi connectivity index (χ1v) is 15.0. The Morgan fingerprint density at radius 1 is 1.07 bits per heavy atom. The molecule has 0 atom stereocenters. The van der Waals surface area contributed by atoms with Gasteiger partial charge in [-0.1, -0.05) is 11.6 Å². The lowest BCUT2D eigenvalue weighted by Crippen LogP contribution is -2.49. The van der Waals surface area contributed by atoms with Crippen LogP contribution in [0.4, 0.5) is 11.6 Å². The van der Waals surface area contributed by atoms with E-state index >= 15 is 0 Å². The molecule has 0 saturated carbocycles. The highest BCUT2D eigenvalue weighted by Gasteiger charge is 2.34. The molecular formula is C25H26ClN7O6S2. The molecule has 0 bridgehead atoms. The maximum absolute atomic E-state index is 13.8. The van der Waals surface area contributed by atoms with Crippen molar-refractivity contribution >= 4 is 60.7 Å². The number of thiophene rings is 1. The van der Waals surface area contributed by atoms with Gasteiger partial charge >= 0.3 is 0 Å². The third-order valence-electron chi connectivity index (χ3n) is 6.53. The van der Waals surface area contributed by atoms with E-state index in [4.69, 9.17) is 21.1 Å². The minimum atomic E-state index is -4.04. The molecule has 1 amide bonds. The van der Waals surface area contributed by atoms with Gasteiger partial charge in [-0.25, -0.2) is 23.4 Å². The van der Waals surface area contributed by atoms with E-state index in [0.717, 1.165) is 15.9 Å². The molecule has 0 spiro atoms. The Morgan fingerprint density at radius 2 is 1.76 bits per heavy atom. The fraction of sp³-hybridized carbons (Fsp3) is 0.320. The molecule has 1 fully saturated rings. The predicted molar refractivity (Wildman–Crippen MR) is 155 cm³/mol. The van der Waals surface area contributed by atoms with Gasteiger partial charge in [0.05, 0.1) is 36.6 Å². The molecule has 0 aliphatic carbocycles. The van der Waals surface area contributed by atoms with Crippen molar-refractivity contribution in [1.82, 2.24) is 23.8 Å². The van der Waals surface area contributed by atoms with Crippen molar-refractivity contribution < 1.29 is 22.7 Å². The Labute approximate surface area is 244 Å². The number of aryl methyl sites for hydroxylation is 1.